The molecule has 1 aromatic heterocycles. The molecule has 1 unspecified atom stereocenters. The summed E-state index contributed by atoms with van der Waals surface area (Å²) in [6.45, 7) is 3.82. The van der Waals surface area contributed by atoms with E-state index in [-0.39, 0.29) is 11.5 Å². The van der Waals surface area contributed by atoms with E-state index in [0.717, 1.165) is 24.1 Å². The Hall–Kier alpha value is -0.960. The molecule has 1 aliphatic rings. The van der Waals surface area contributed by atoms with Gasteiger partial charge in [0.2, 0.25) is 0 Å². The van der Waals surface area contributed by atoms with Gasteiger partial charge in [0.1, 0.15) is 6.33 Å². The van der Waals surface area contributed by atoms with Crippen LogP contribution in [0.4, 0.5) is 0 Å². The van der Waals surface area contributed by atoms with Gasteiger partial charge in [0.25, 0.3) is 0 Å². The molecule has 0 amide bonds. The first-order valence-electron chi connectivity index (χ1n) is 4.62. The molecule has 1 heterocycles. The van der Waals surface area contributed by atoms with E-state index in [2.05, 4.69) is 9.97 Å². The lowest BCUT2D eigenvalue weighted by molar-refractivity contribution is 0.150. The summed E-state index contributed by atoms with van der Waals surface area (Å²) in [6, 6.07) is 0. The maximum atomic E-state index is 9.66. The van der Waals surface area contributed by atoms with Crippen molar-refractivity contribution in [3.05, 3.63) is 23.8 Å². The van der Waals surface area contributed by atoms with Gasteiger partial charge in [-0.2, -0.15) is 0 Å². The smallest absolute Gasteiger partial charge is 0.115 e. The molecule has 2 rings (SSSR count). The molecule has 0 bridgehead atoms. The van der Waals surface area contributed by atoms with Crippen molar-refractivity contribution in [1.29, 1.82) is 0 Å². The molecule has 1 aliphatic carbocycles. The highest BCUT2D eigenvalue weighted by atomic mass is 16.3. The van der Waals surface area contributed by atoms with E-state index in [1.54, 1.807) is 6.33 Å². The second-order valence-corrected chi connectivity index (χ2v) is 3.85. The molecule has 3 heteroatoms. The fraction of sp³-hybridized carbons (Fsp3) is 0.600. The minimum Gasteiger partial charge on any atom is -0.392 e. The van der Waals surface area contributed by atoms with Crippen LogP contribution in [0.1, 0.15) is 31.0 Å². The van der Waals surface area contributed by atoms with Gasteiger partial charge >= 0.3 is 0 Å². The van der Waals surface area contributed by atoms with Gasteiger partial charge in [-0.15, -0.1) is 0 Å². The SMILES string of the molecule is Cc1ncncc1C1(C(C)O)CC1. The summed E-state index contributed by atoms with van der Waals surface area (Å²) < 4.78 is 0. The van der Waals surface area contributed by atoms with Gasteiger partial charge in [0, 0.05) is 22.9 Å². The van der Waals surface area contributed by atoms with Crippen LogP contribution in [0.15, 0.2) is 12.5 Å². The first kappa shape index (κ1) is 8.63. The summed E-state index contributed by atoms with van der Waals surface area (Å²) >= 11 is 0. The lowest BCUT2D eigenvalue weighted by Crippen LogP contribution is -2.24. The Bertz CT molecular complexity index is 318. The highest BCUT2D eigenvalue weighted by Crippen LogP contribution is 2.51. The van der Waals surface area contributed by atoms with E-state index < -0.39 is 0 Å². The Kier molecular flexibility index (Phi) is 1.84. The lowest BCUT2D eigenvalue weighted by atomic mass is 9.91. The van der Waals surface area contributed by atoms with Crippen LogP contribution in [0.2, 0.25) is 0 Å². The Labute approximate surface area is 77.8 Å². The summed E-state index contributed by atoms with van der Waals surface area (Å²) in [5.74, 6) is 0. The molecule has 0 radical (unpaired) electrons. The van der Waals surface area contributed by atoms with Gasteiger partial charge in [-0.3, -0.25) is 0 Å². The fourth-order valence-electron chi connectivity index (χ4n) is 1.93. The van der Waals surface area contributed by atoms with Crippen molar-refractivity contribution in [2.45, 2.75) is 38.2 Å². The molecule has 1 fully saturated rings. The fourth-order valence-corrected chi connectivity index (χ4v) is 1.93. The maximum absolute atomic E-state index is 9.66. The van der Waals surface area contributed by atoms with Crippen molar-refractivity contribution < 1.29 is 5.11 Å². The summed E-state index contributed by atoms with van der Waals surface area (Å²) in [7, 11) is 0. The third-order valence-electron chi connectivity index (χ3n) is 3.04. The van der Waals surface area contributed by atoms with Gasteiger partial charge < -0.3 is 5.11 Å². The van der Waals surface area contributed by atoms with Crippen molar-refractivity contribution in [1.82, 2.24) is 9.97 Å². The molecular formula is C10H14N2O. The molecule has 1 atom stereocenters. The van der Waals surface area contributed by atoms with Crippen LogP contribution < -0.4 is 0 Å². The van der Waals surface area contributed by atoms with E-state index in [0.29, 0.717) is 0 Å². The van der Waals surface area contributed by atoms with Crippen molar-refractivity contribution in [2.75, 3.05) is 0 Å². The largest absolute Gasteiger partial charge is 0.392 e. The molecular weight excluding hydrogens is 164 g/mol. The Morgan fingerprint density at radius 3 is 2.69 bits per heavy atom. The Morgan fingerprint density at radius 2 is 2.23 bits per heavy atom. The second-order valence-electron chi connectivity index (χ2n) is 3.85. The van der Waals surface area contributed by atoms with E-state index in [9.17, 15) is 5.11 Å². The van der Waals surface area contributed by atoms with Crippen LogP contribution in [-0.2, 0) is 5.41 Å². The molecule has 3 nitrogen and oxygen atoms in total. The topological polar surface area (TPSA) is 46.0 Å². The van der Waals surface area contributed by atoms with Crippen molar-refractivity contribution in [3.8, 4) is 0 Å². The third-order valence-corrected chi connectivity index (χ3v) is 3.04. The number of aliphatic hydroxyl groups excluding tert-OH is 1. The standard InChI is InChI=1S/C10H14N2O/c1-7-9(5-11-6-12-7)10(3-4-10)8(2)13/h5-6,8,13H,3-4H2,1-2H3. The number of aryl methyl sites for hydroxylation is 1. The summed E-state index contributed by atoms with van der Waals surface area (Å²) in [6.07, 6.45) is 5.20. The van der Waals surface area contributed by atoms with Crippen LogP contribution in [0.3, 0.4) is 0 Å². The van der Waals surface area contributed by atoms with Crippen LogP contribution in [0.25, 0.3) is 0 Å². The molecule has 1 aromatic rings. The van der Waals surface area contributed by atoms with E-state index in [4.69, 9.17) is 0 Å². The monoisotopic (exact) mass is 178 g/mol. The number of rotatable bonds is 2. The predicted molar refractivity (Wildman–Crippen MR) is 49.4 cm³/mol. The molecule has 1 saturated carbocycles. The Morgan fingerprint density at radius 1 is 1.54 bits per heavy atom. The number of hydrogen-bond donors (Lipinski definition) is 1. The normalized spacial score (nSPS) is 21.2. The van der Waals surface area contributed by atoms with Crippen molar-refractivity contribution in [3.63, 3.8) is 0 Å². The highest BCUT2D eigenvalue weighted by molar-refractivity contribution is 5.33. The number of aromatic nitrogens is 2. The first-order chi connectivity index (χ1) is 6.17. The van der Waals surface area contributed by atoms with Gasteiger partial charge in [-0.1, -0.05) is 0 Å². The van der Waals surface area contributed by atoms with Gasteiger partial charge in [-0.05, 0) is 26.7 Å². The van der Waals surface area contributed by atoms with Gasteiger partial charge in [-0.25, -0.2) is 9.97 Å². The minimum atomic E-state index is -0.294. The third kappa shape index (κ3) is 1.23. The van der Waals surface area contributed by atoms with Crippen LogP contribution in [0, 0.1) is 6.92 Å². The second kappa shape index (κ2) is 2.77. The van der Waals surface area contributed by atoms with E-state index in [1.165, 1.54) is 0 Å². The van der Waals surface area contributed by atoms with Gasteiger partial charge in [0.05, 0.1) is 6.10 Å². The molecule has 0 aromatic carbocycles. The summed E-state index contributed by atoms with van der Waals surface area (Å²) in [5, 5.41) is 9.66. The molecule has 0 aliphatic heterocycles. The molecule has 0 saturated heterocycles. The average Bonchev–Trinajstić information content (AvgIpc) is 2.85. The van der Waals surface area contributed by atoms with Crippen LogP contribution >= 0.6 is 0 Å². The quantitative estimate of drug-likeness (QED) is 0.740. The summed E-state index contributed by atoms with van der Waals surface area (Å²) in [4.78, 5) is 8.16. The molecule has 70 valence electrons. The maximum Gasteiger partial charge on any atom is 0.115 e. The zero-order chi connectivity index (χ0) is 9.47. The van der Waals surface area contributed by atoms with Crippen LogP contribution in [0.5, 0.6) is 0 Å². The predicted octanol–water partition coefficient (Wildman–Crippen LogP) is 1.20. The van der Waals surface area contributed by atoms with Crippen molar-refractivity contribution in [2.24, 2.45) is 0 Å². The number of nitrogens with zero attached hydrogens (tertiary/aromatic N) is 2. The van der Waals surface area contributed by atoms with Gasteiger partial charge in [0.15, 0.2) is 0 Å². The number of aliphatic hydroxyl groups is 1. The molecule has 13 heavy (non-hydrogen) atoms. The highest BCUT2D eigenvalue weighted by Gasteiger charge is 2.49. The zero-order valence-corrected chi connectivity index (χ0v) is 7.99. The van der Waals surface area contributed by atoms with Crippen molar-refractivity contribution >= 4 is 0 Å². The van der Waals surface area contributed by atoms with E-state index >= 15 is 0 Å². The summed E-state index contributed by atoms with van der Waals surface area (Å²) in [5.41, 5.74) is 2.07. The molecule has 1 N–H and O–H groups in total. The first-order valence-corrected chi connectivity index (χ1v) is 4.62. The van der Waals surface area contributed by atoms with E-state index in [1.807, 2.05) is 20.0 Å². The molecule has 0 spiro atoms. The van der Waals surface area contributed by atoms with Crippen LogP contribution in [-0.4, -0.2) is 21.2 Å². The lowest BCUT2D eigenvalue weighted by Gasteiger charge is -2.19. The zero-order valence-electron chi connectivity index (χ0n) is 7.99. The minimum absolute atomic E-state index is 0.0364. The average molecular weight is 178 g/mol. The number of hydrogen-bond acceptors (Lipinski definition) is 3. The Balaban J connectivity index is 2.41.